The van der Waals surface area contributed by atoms with Crippen LogP contribution < -0.4 is 4.74 Å². The second kappa shape index (κ2) is 6.94. The molecule has 0 aliphatic heterocycles. The second-order valence-electron chi connectivity index (χ2n) is 4.07. The molecule has 0 aliphatic rings. The molecule has 0 fully saturated rings. The molecule has 3 nitrogen and oxygen atoms in total. The highest BCUT2D eigenvalue weighted by molar-refractivity contribution is 5.66. The number of esters is 1. The first kappa shape index (κ1) is 13.6. The SMILES string of the molecule is CCCCOc1ccc(C)c(COC(C)=O)c1. The highest BCUT2D eigenvalue weighted by Crippen LogP contribution is 2.18. The van der Waals surface area contributed by atoms with E-state index in [1.54, 1.807) is 0 Å². The van der Waals surface area contributed by atoms with Crippen molar-refractivity contribution in [2.45, 2.75) is 40.2 Å². The van der Waals surface area contributed by atoms with Crippen LogP contribution in [0, 0.1) is 6.92 Å². The number of benzene rings is 1. The molecule has 0 aromatic heterocycles. The number of rotatable bonds is 6. The van der Waals surface area contributed by atoms with Gasteiger partial charge in [0.1, 0.15) is 12.4 Å². The van der Waals surface area contributed by atoms with Gasteiger partial charge in [-0.2, -0.15) is 0 Å². The van der Waals surface area contributed by atoms with Crippen molar-refractivity contribution >= 4 is 5.97 Å². The Hall–Kier alpha value is -1.51. The van der Waals surface area contributed by atoms with Crippen LogP contribution in [0.15, 0.2) is 18.2 Å². The smallest absolute Gasteiger partial charge is 0.302 e. The third kappa shape index (κ3) is 4.89. The van der Waals surface area contributed by atoms with Crippen molar-refractivity contribution < 1.29 is 14.3 Å². The predicted molar refractivity (Wildman–Crippen MR) is 67.1 cm³/mol. The van der Waals surface area contributed by atoms with Crippen molar-refractivity contribution in [1.29, 1.82) is 0 Å². The molecule has 0 spiro atoms. The van der Waals surface area contributed by atoms with Gasteiger partial charge in [0.05, 0.1) is 6.61 Å². The maximum absolute atomic E-state index is 10.8. The molecule has 0 aliphatic carbocycles. The van der Waals surface area contributed by atoms with Gasteiger partial charge in [0.15, 0.2) is 0 Å². The molecule has 94 valence electrons. The van der Waals surface area contributed by atoms with Gasteiger partial charge in [-0.15, -0.1) is 0 Å². The van der Waals surface area contributed by atoms with Gasteiger partial charge in [0.25, 0.3) is 0 Å². The van der Waals surface area contributed by atoms with E-state index in [1.165, 1.54) is 6.92 Å². The lowest BCUT2D eigenvalue weighted by molar-refractivity contribution is -0.142. The summed E-state index contributed by atoms with van der Waals surface area (Å²) >= 11 is 0. The Balaban J connectivity index is 2.62. The maximum atomic E-state index is 10.8. The molecule has 0 amide bonds. The van der Waals surface area contributed by atoms with Gasteiger partial charge in [-0.1, -0.05) is 19.4 Å². The molecule has 1 aromatic rings. The highest BCUT2D eigenvalue weighted by atomic mass is 16.5. The van der Waals surface area contributed by atoms with Crippen molar-refractivity contribution in [3.05, 3.63) is 29.3 Å². The van der Waals surface area contributed by atoms with Crippen LogP contribution in [0.3, 0.4) is 0 Å². The van der Waals surface area contributed by atoms with Crippen LogP contribution in [-0.4, -0.2) is 12.6 Å². The largest absolute Gasteiger partial charge is 0.494 e. The second-order valence-corrected chi connectivity index (χ2v) is 4.07. The lowest BCUT2D eigenvalue weighted by atomic mass is 10.1. The third-order valence-corrected chi connectivity index (χ3v) is 2.52. The van der Waals surface area contributed by atoms with Crippen molar-refractivity contribution in [3.8, 4) is 5.75 Å². The Bertz CT molecular complexity index is 372. The van der Waals surface area contributed by atoms with Gasteiger partial charge in [0, 0.05) is 6.92 Å². The summed E-state index contributed by atoms with van der Waals surface area (Å²) in [5.41, 5.74) is 2.10. The number of unbranched alkanes of at least 4 members (excludes halogenated alkanes) is 1. The Kier molecular flexibility index (Phi) is 5.53. The van der Waals surface area contributed by atoms with E-state index in [0.717, 1.165) is 36.3 Å². The summed E-state index contributed by atoms with van der Waals surface area (Å²) in [5, 5.41) is 0. The topological polar surface area (TPSA) is 35.5 Å². The quantitative estimate of drug-likeness (QED) is 0.562. The van der Waals surface area contributed by atoms with E-state index < -0.39 is 0 Å². The molecule has 0 bridgehead atoms. The fourth-order valence-corrected chi connectivity index (χ4v) is 1.41. The fraction of sp³-hybridized carbons (Fsp3) is 0.500. The van der Waals surface area contributed by atoms with Gasteiger partial charge in [-0.3, -0.25) is 4.79 Å². The molecule has 3 heteroatoms. The summed E-state index contributed by atoms with van der Waals surface area (Å²) in [4.78, 5) is 10.8. The van der Waals surface area contributed by atoms with Crippen LogP contribution in [0.4, 0.5) is 0 Å². The van der Waals surface area contributed by atoms with Crippen molar-refractivity contribution in [2.24, 2.45) is 0 Å². The molecule has 17 heavy (non-hydrogen) atoms. The number of carbonyl (C=O) groups is 1. The van der Waals surface area contributed by atoms with Gasteiger partial charge in [0.2, 0.25) is 0 Å². The summed E-state index contributed by atoms with van der Waals surface area (Å²) in [6.45, 7) is 6.58. The monoisotopic (exact) mass is 236 g/mol. The normalized spacial score (nSPS) is 10.1. The number of ether oxygens (including phenoxy) is 2. The van der Waals surface area contributed by atoms with E-state index in [0.29, 0.717) is 6.61 Å². The zero-order chi connectivity index (χ0) is 12.7. The summed E-state index contributed by atoms with van der Waals surface area (Å²) < 4.78 is 10.6. The fourth-order valence-electron chi connectivity index (χ4n) is 1.41. The molecule has 0 N–H and O–H groups in total. The van der Waals surface area contributed by atoms with E-state index in [2.05, 4.69) is 6.92 Å². The van der Waals surface area contributed by atoms with E-state index in [4.69, 9.17) is 9.47 Å². The average Bonchev–Trinajstić information content (AvgIpc) is 2.29. The summed E-state index contributed by atoms with van der Waals surface area (Å²) in [6.07, 6.45) is 2.17. The average molecular weight is 236 g/mol. The van der Waals surface area contributed by atoms with Crippen molar-refractivity contribution in [3.63, 3.8) is 0 Å². The van der Waals surface area contributed by atoms with E-state index in [1.807, 2.05) is 25.1 Å². The van der Waals surface area contributed by atoms with Crippen LogP contribution in [-0.2, 0) is 16.1 Å². The first-order valence-corrected chi connectivity index (χ1v) is 5.99. The first-order valence-electron chi connectivity index (χ1n) is 5.99. The van der Waals surface area contributed by atoms with Crippen molar-refractivity contribution in [2.75, 3.05) is 6.61 Å². The Morgan fingerprint density at radius 3 is 2.76 bits per heavy atom. The number of aryl methyl sites for hydroxylation is 1. The molecule has 0 atom stereocenters. The first-order chi connectivity index (χ1) is 8.13. The number of carbonyl (C=O) groups excluding carboxylic acids is 1. The van der Waals surface area contributed by atoms with Gasteiger partial charge in [-0.05, 0) is 36.6 Å². The van der Waals surface area contributed by atoms with Gasteiger partial charge in [-0.25, -0.2) is 0 Å². The predicted octanol–water partition coefficient (Wildman–Crippen LogP) is 3.24. The summed E-state index contributed by atoms with van der Waals surface area (Å²) in [7, 11) is 0. The molecule has 0 saturated heterocycles. The van der Waals surface area contributed by atoms with Gasteiger partial charge >= 0.3 is 5.97 Å². The van der Waals surface area contributed by atoms with Crippen LogP contribution in [0.5, 0.6) is 5.75 Å². The molecule has 0 heterocycles. The zero-order valence-electron chi connectivity index (χ0n) is 10.8. The summed E-state index contributed by atoms with van der Waals surface area (Å²) in [5.74, 6) is 0.577. The Labute approximate surface area is 103 Å². The van der Waals surface area contributed by atoms with Crippen LogP contribution in [0.2, 0.25) is 0 Å². The minimum atomic E-state index is -0.262. The van der Waals surface area contributed by atoms with Crippen LogP contribution >= 0.6 is 0 Å². The molecule has 1 rings (SSSR count). The van der Waals surface area contributed by atoms with Crippen molar-refractivity contribution in [1.82, 2.24) is 0 Å². The van der Waals surface area contributed by atoms with Crippen LogP contribution in [0.25, 0.3) is 0 Å². The lowest BCUT2D eigenvalue weighted by Crippen LogP contribution is -2.02. The molecular weight excluding hydrogens is 216 g/mol. The Morgan fingerprint density at radius 2 is 2.12 bits per heavy atom. The zero-order valence-corrected chi connectivity index (χ0v) is 10.8. The van der Waals surface area contributed by atoms with E-state index >= 15 is 0 Å². The highest BCUT2D eigenvalue weighted by Gasteiger charge is 2.03. The molecule has 0 radical (unpaired) electrons. The van der Waals surface area contributed by atoms with Crippen LogP contribution in [0.1, 0.15) is 37.8 Å². The van der Waals surface area contributed by atoms with E-state index in [9.17, 15) is 4.79 Å². The maximum Gasteiger partial charge on any atom is 0.302 e. The number of hydrogen-bond acceptors (Lipinski definition) is 3. The molecule has 0 unspecified atom stereocenters. The van der Waals surface area contributed by atoms with Gasteiger partial charge < -0.3 is 9.47 Å². The molecule has 1 aromatic carbocycles. The number of hydrogen-bond donors (Lipinski definition) is 0. The summed E-state index contributed by atoms with van der Waals surface area (Å²) in [6, 6.07) is 5.87. The Morgan fingerprint density at radius 1 is 1.35 bits per heavy atom. The standard InChI is InChI=1S/C14H20O3/c1-4-5-8-16-14-7-6-11(2)13(9-14)10-17-12(3)15/h6-7,9H,4-5,8,10H2,1-3H3. The molecule has 0 saturated carbocycles. The lowest BCUT2D eigenvalue weighted by Gasteiger charge is -2.10. The van der Waals surface area contributed by atoms with E-state index in [-0.39, 0.29) is 5.97 Å². The minimum absolute atomic E-state index is 0.262. The molecular formula is C14H20O3. The third-order valence-electron chi connectivity index (χ3n) is 2.52. The minimum Gasteiger partial charge on any atom is -0.494 e.